The quantitative estimate of drug-likeness (QED) is 0.724. The van der Waals surface area contributed by atoms with Gasteiger partial charge < -0.3 is 9.47 Å². The molecule has 1 aliphatic rings. The highest BCUT2D eigenvalue weighted by Crippen LogP contribution is 2.19. The Hall–Kier alpha value is -1.09. The van der Waals surface area contributed by atoms with Gasteiger partial charge >= 0.3 is 0 Å². The summed E-state index contributed by atoms with van der Waals surface area (Å²) in [6.07, 6.45) is 2.99. The second kappa shape index (κ2) is 4.42. The molecule has 76 valence electrons. The molecule has 2 rings (SSSR count). The second-order valence-corrected chi connectivity index (χ2v) is 3.37. The van der Waals surface area contributed by atoms with E-state index in [0.717, 1.165) is 25.9 Å². The van der Waals surface area contributed by atoms with E-state index in [1.165, 1.54) is 12.1 Å². The first-order valence-corrected chi connectivity index (χ1v) is 4.88. The molecule has 1 aromatic rings. The molecule has 1 unspecified atom stereocenters. The highest BCUT2D eigenvalue weighted by Gasteiger charge is 2.14. The average Bonchev–Trinajstić information content (AvgIpc) is 2.23. The largest absolute Gasteiger partial charge is 0.465 e. The normalized spacial score (nSPS) is 21.9. The fourth-order valence-electron chi connectivity index (χ4n) is 1.47. The molecule has 0 bridgehead atoms. The zero-order valence-electron chi connectivity index (χ0n) is 7.91. The topological polar surface area (TPSA) is 18.5 Å². The lowest BCUT2D eigenvalue weighted by atomic mass is 10.2. The second-order valence-electron chi connectivity index (χ2n) is 3.37. The maximum atomic E-state index is 12.6. The average molecular weight is 196 g/mol. The Balaban J connectivity index is 1.92. The molecule has 0 spiro atoms. The number of halogens is 1. The van der Waals surface area contributed by atoms with Crippen LogP contribution < -0.4 is 4.74 Å². The molecule has 1 aromatic carbocycles. The Bertz CT molecular complexity index is 278. The third kappa shape index (κ3) is 2.45. The molecular weight excluding hydrogens is 183 g/mol. The minimum atomic E-state index is -0.248. The summed E-state index contributed by atoms with van der Waals surface area (Å²) in [6, 6.07) is 6.01. The van der Waals surface area contributed by atoms with Gasteiger partial charge in [0.25, 0.3) is 0 Å². The molecule has 1 fully saturated rings. The van der Waals surface area contributed by atoms with Crippen LogP contribution in [0.4, 0.5) is 4.39 Å². The summed E-state index contributed by atoms with van der Waals surface area (Å²) in [5.41, 5.74) is 0. The van der Waals surface area contributed by atoms with Gasteiger partial charge in [-0.1, -0.05) is 0 Å². The van der Waals surface area contributed by atoms with Crippen LogP contribution in [-0.2, 0) is 4.74 Å². The number of hydrogen-bond acceptors (Lipinski definition) is 2. The summed E-state index contributed by atoms with van der Waals surface area (Å²) < 4.78 is 23.5. The van der Waals surface area contributed by atoms with Crippen molar-refractivity contribution in [2.24, 2.45) is 0 Å². The summed E-state index contributed by atoms with van der Waals surface area (Å²) in [4.78, 5) is 0. The molecule has 0 N–H and O–H groups in total. The van der Waals surface area contributed by atoms with Crippen LogP contribution >= 0.6 is 0 Å². The molecule has 1 atom stereocenters. The maximum absolute atomic E-state index is 12.6. The Labute approximate surface area is 82.6 Å². The molecule has 0 amide bonds. The van der Waals surface area contributed by atoms with Crippen molar-refractivity contribution in [1.82, 2.24) is 0 Å². The molecule has 14 heavy (non-hydrogen) atoms. The zero-order chi connectivity index (χ0) is 9.80. The standard InChI is InChI=1S/C11H13FO2/c12-9-4-6-10(7-5-9)14-11-3-1-2-8-13-11/h4-7,11H,1-3,8H2. The molecule has 0 aromatic heterocycles. The molecule has 0 saturated carbocycles. The molecule has 0 aliphatic carbocycles. The predicted molar refractivity (Wildman–Crippen MR) is 50.6 cm³/mol. The van der Waals surface area contributed by atoms with Gasteiger partial charge in [-0.2, -0.15) is 0 Å². The smallest absolute Gasteiger partial charge is 0.199 e. The summed E-state index contributed by atoms with van der Waals surface area (Å²) >= 11 is 0. The summed E-state index contributed by atoms with van der Waals surface area (Å²) in [5.74, 6) is 0.417. The van der Waals surface area contributed by atoms with Crippen molar-refractivity contribution in [1.29, 1.82) is 0 Å². The van der Waals surface area contributed by atoms with Crippen LogP contribution in [0, 0.1) is 5.82 Å². The SMILES string of the molecule is Fc1ccc(OC2CCCCO2)cc1. The lowest BCUT2D eigenvalue weighted by Crippen LogP contribution is -2.24. The van der Waals surface area contributed by atoms with Crippen molar-refractivity contribution in [3.05, 3.63) is 30.1 Å². The molecule has 3 heteroatoms. The van der Waals surface area contributed by atoms with E-state index in [-0.39, 0.29) is 12.1 Å². The van der Waals surface area contributed by atoms with Gasteiger partial charge in [-0.05, 0) is 37.1 Å². The first-order valence-electron chi connectivity index (χ1n) is 4.88. The van der Waals surface area contributed by atoms with Crippen LogP contribution in [0.5, 0.6) is 5.75 Å². The van der Waals surface area contributed by atoms with Crippen molar-refractivity contribution < 1.29 is 13.9 Å². The summed E-state index contributed by atoms with van der Waals surface area (Å²) in [5, 5.41) is 0. The van der Waals surface area contributed by atoms with Gasteiger partial charge in [-0.25, -0.2) is 4.39 Å². The predicted octanol–water partition coefficient (Wildman–Crippen LogP) is 2.73. The van der Waals surface area contributed by atoms with E-state index in [1.807, 2.05) is 0 Å². The molecule has 1 aliphatic heterocycles. The van der Waals surface area contributed by atoms with Crippen LogP contribution in [0.1, 0.15) is 19.3 Å². The lowest BCUT2D eigenvalue weighted by Gasteiger charge is -2.23. The van der Waals surface area contributed by atoms with Gasteiger partial charge in [-0.15, -0.1) is 0 Å². The third-order valence-corrected chi connectivity index (χ3v) is 2.22. The molecule has 0 radical (unpaired) electrons. The van der Waals surface area contributed by atoms with E-state index in [2.05, 4.69) is 0 Å². The number of ether oxygens (including phenoxy) is 2. The monoisotopic (exact) mass is 196 g/mol. The van der Waals surface area contributed by atoms with Crippen LogP contribution in [0.15, 0.2) is 24.3 Å². The maximum Gasteiger partial charge on any atom is 0.199 e. The minimum Gasteiger partial charge on any atom is -0.465 e. The minimum absolute atomic E-state index is 0.158. The van der Waals surface area contributed by atoms with Gasteiger partial charge in [-0.3, -0.25) is 0 Å². The number of hydrogen-bond donors (Lipinski definition) is 0. The van der Waals surface area contributed by atoms with Crippen molar-refractivity contribution in [2.45, 2.75) is 25.6 Å². The Kier molecular flexibility index (Phi) is 2.99. The summed E-state index contributed by atoms with van der Waals surface area (Å²) in [7, 11) is 0. The Morgan fingerprint density at radius 1 is 1.21 bits per heavy atom. The Morgan fingerprint density at radius 2 is 2.00 bits per heavy atom. The summed E-state index contributed by atoms with van der Waals surface area (Å²) in [6.45, 7) is 0.756. The fourth-order valence-corrected chi connectivity index (χ4v) is 1.47. The van der Waals surface area contributed by atoms with Crippen molar-refractivity contribution in [3.63, 3.8) is 0 Å². The van der Waals surface area contributed by atoms with E-state index in [4.69, 9.17) is 9.47 Å². The van der Waals surface area contributed by atoms with E-state index < -0.39 is 0 Å². The number of benzene rings is 1. The molecule has 1 heterocycles. The van der Waals surface area contributed by atoms with E-state index in [9.17, 15) is 4.39 Å². The van der Waals surface area contributed by atoms with Gasteiger partial charge in [0.15, 0.2) is 6.29 Å². The van der Waals surface area contributed by atoms with E-state index in [1.54, 1.807) is 12.1 Å². The zero-order valence-corrected chi connectivity index (χ0v) is 7.91. The first-order chi connectivity index (χ1) is 6.84. The van der Waals surface area contributed by atoms with Gasteiger partial charge in [0.1, 0.15) is 11.6 Å². The third-order valence-electron chi connectivity index (χ3n) is 2.22. The molecular formula is C11H13FO2. The van der Waals surface area contributed by atoms with Crippen LogP contribution in [0.2, 0.25) is 0 Å². The molecule has 1 saturated heterocycles. The van der Waals surface area contributed by atoms with Gasteiger partial charge in [0.2, 0.25) is 0 Å². The van der Waals surface area contributed by atoms with E-state index >= 15 is 0 Å². The van der Waals surface area contributed by atoms with Crippen molar-refractivity contribution >= 4 is 0 Å². The highest BCUT2D eigenvalue weighted by atomic mass is 19.1. The van der Waals surface area contributed by atoms with Crippen LogP contribution in [-0.4, -0.2) is 12.9 Å². The first kappa shape index (κ1) is 9.46. The lowest BCUT2D eigenvalue weighted by molar-refractivity contribution is -0.105. The highest BCUT2D eigenvalue weighted by molar-refractivity contribution is 5.22. The van der Waals surface area contributed by atoms with Crippen molar-refractivity contribution in [2.75, 3.05) is 6.61 Å². The molecule has 2 nitrogen and oxygen atoms in total. The number of rotatable bonds is 2. The van der Waals surface area contributed by atoms with Crippen LogP contribution in [0.3, 0.4) is 0 Å². The van der Waals surface area contributed by atoms with Crippen molar-refractivity contribution in [3.8, 4) is 5.75 Å². The van der Waals surface area contributed by atoms with Gasteiger partial charge in [0.05, 0.1) is 6.61 Å². The Morgan fingerprint density at radius 3 is 2.64 bits per heavy atom. The van der Waals surface area contributed by atoms with E-state index in [0.29, 0.717) is 5.75 Å². The fraction of sp³-hybridized carbons (Fsp3) is 0.455. The van der Waals surface area contributed by atoms with Crippen LogP contribution in [0.25, 0.3) is 0 Å². The van der Waals surface area contributed by atoms with Gasteiger partial charge in [0, 0.05) is 6.42 Å².